The molecule has 3 aromatic rings. The van der Waals surface area contributed by atoms with Gasteiger partial charge in [0.1, 0.15) is 0 Å². The monoisotopic (exact) mass is 449 g/mol. The van der Waals surface area contributed by atoms with Gasteiger partial charge in [0.2, 0.25) is 11.9 Å². The molecule has 3 saturated heterocycles. The van der Waals surface area contributed by atoms with E-state index in [0.29, 0.717) is 19.3 Å². The van der Waals surface area contributed by atoms with Gasteiger partial charge in [-0.3, -0.25) is 4.90 Å². The van der Waals surface area contributed by atoms with Gasteiger partial charge in [-0.25, -0.2) is 19.9 Å². The Bertz CT molecular complexity index is 1070. The molecule has 0 spiro atoms. The molecular formula is C23H27N7OS. The molecule has 9 heteroatoms. The first-order valence-corrected chi connectivity index (χ1v) is 12.3. The van der Waals surface area contributed by atoms with Crippen LogP contribution in [-0.2, 0) is 4.74 Å². The average Bonchev–Trinajstić information content (AvgIpc) is 3.56. The maximum absolute atomic E-state index is 5.48. The molecule has 0 radical (unpaired) electrons. The molecule has 166 valence electrons. The molecule has 6 rings (SSSR count). The highest BCUT2D eigenvalue weighted by Gasteiger charge is 2.32. The smallest absolute Gasteiger partial charge is 0.226 e. The topological polar surface area (TPSA) is 70.5 Å². The zero-order valence-corrected chi connectivity index (χ0v) is 18.9. The van der Waals surface area contributed by atoms with Crippen LogP contribution in [0.4, 0.5) is 11.9 Å². The second-order valence-electron chi connectivity index (χ2n) is 8.53. The van der Waals surface area contributed by atoms with Gasteiger partial charge in [0.05, 0.1) is 29.5 Å². The number of rotatable bonds is 4. The molecule has 3 aliphatic heterocycles. The van der Waals surface area contributed by atoms with Crippen molar-refractivity contribution in [1.29, 1.82) is 0 Å². The summed E-state index contributed by atoms with van der Waals surface area (Å²) in [4.78, 5) is 27.6. The first-order chi connectivity index (χ1) is 15.8. The van der Waals surface area contributed by atoms with Crippen molar-refractivity contribution in [2.75, 3.05) is 62.3 Å². The third kappa shape index (κ3) is 3.85. The van der Waals surface area contributed by atoms with Crippen molar-refractivity contribution in [2.45, 2.75) is 18.9 Å². The van der Waals surface area contributed by atoms with Crippen LogP contribution in [0.3, 0.4) is 0 Å². The first-order valence-electron chi connectivity index (χ1n) is 11.4. The number of nitrogens with zero attached hydrogens (tertiary/aromatic N) is 7. The SMILES string of the molecule is c1csc(-c2nc(N3CCN4CCC[C@H]4C3)ncc2-c2ccnc(N3CCOCC3)n2)c1. The molecule has 0 amide bonds. The number of hydrogen-bond acceptors (Lipinski definition) is 9. The van der Waals surface area contributed by atoms with Gasteiger partial charge in [0, 0.05) is 56.7 Å². The first kappa shape index (κ1) is 20.0. The zero-order valence-electron chi connectivity index (χ0n) is 18.1. The van der Waals surface area contributed by atoms with E-state index in [1.807, 2.05) is 18.5 Å². The van der Waals surface area contributed by atoms with E-state index in [4.69, 9.17) is 19.7 Å². The van der Waals surface area contributed by atoms with Crippen molar-refractivity contribution in [1.82, 2.24) is 24.8 Å². The van der Waals surface area contributed by atoms with Crippen LogP contribution in [0.2, 0.25) is 0 Å². The highest BCUT2D eigenvalue weighted by molar-refractivity contribution is 7.13. The number of thiophene rings is 1. The summed E-state index contributed by atoms with van der Waals surface area (Å²) in [6, 6.07) is 6.79. The average molecular weight is 450 g/mol. The number of morpholine rings is 1. The molecule has 3 aliphatic rings. The molecule has 6 heterocycles. The summed E-state index contributed by atoms with van der Waals surface area (Å²) in [7, 11) is 0. The third-order valence-corrected chi connectivity index (χ3v) is 7.49. The number of ether oxygens (including phenoxy) is 1. The maximum atomic E-state index is 5.48. The molecule has 0 unspecified atom stereocenters. The predicted octanol–water partition coefficient (Wildman–Crippen LogP) is 2.78. The molecule has 0 aromatic carbocycles. The van der Waals surface area contributed by atoms with Gasteiger partial charge in [-0.15, -0.1) is 11.3 Å². The summed E-state index contributed by atoms with van der Waals surface area (Å²) >= 11 is 1.70. The van der Waals surface area contributed by atoms with Gasteiger partial charge in [-0.2, -0.15) is 0 Å². The Hall–Kier alpha value is -2.62. The lowest BCUT2D eigenvalue weighted by atomic mass is 10.1. The summed E-state index contributed by atoms with van der Waals surface area (Å²) in [5, 5.41) is 2.09. The van der Waals surface area contributed by atoms with E-state index >= 15 is 0 Å². The Kier molecular flexibility index (Phi) is 5.46. The number of fused-ring (bicyclic) bond motifs is 1. The maximum Gasteiger partial charge on any atom is 0.226 e. The van der Waals surface area contributed by atoms with Crippen LogP contribution in [0, 0.1) is 0 Å². The molecule has 1 atom stereocenters. The van der Waals surface area contributed by atoms with Gasteiger partial charge < -0.3 is 14.5 Å². The fourth-order valence-electron chi connectivity index (χ4n) is 4.90. The van der Waals surface area contributed by atoms with E-state index in [1.54, 1.807) is 11.3 Å². The van der Waals surface area contributed by atoms with E-state index in [-0.39, 0.29) is 0 Å². The molecule has 0 saturated carbocycles. The summed E-state index contributed by atoms with van der Waals surface area (Å²) in [6.45, 7) is 7.36. The van der Waals surface area contributed by atoms with Gasteiger partial charge >= 0.3 is 0 Å². The molecule has 8 nitrogen and oxygen atoms in total. The lowest BCUT2D eigenvalue weighted by Crippen LogP contribution is -2.50. The molecule has 32 heavy (non-hydrogen) atoms. The lowest BCUT2D eigenvalue weighted by Gasteiger charge is -2.37. The van der Waals surface area contributed by atoms with Crippen molar-refractivity contribution in [2.24, 2.45) is 0 Å². The van der Waals surface area contributed by atoms with E-state index in [0.717, 1.165) is 66.4 Å². The summed E-state index contributed by atoms with van der Waals surface area (Å²) in [5.41, 5.74) is 2.76. The Morgan fingerprint density at radius 2 is 1.84 bits per heavy atom. The van der Waals surface area contributed by atoms with Crippen molar-refractivity contribution in [3.05, 3.63) is 36.0 Å². The minimum atomic E-state index is 0.634. The van der Waals surface area contributed by atoms with Crippen molar-refractivity contribution >= 4 is 23.2 Å². The van der Waals surface area contributed by atoms with Gasteiger partial charge in [-0.05, 0) is 36.9 Å². The number of piperazine rings is 1. The van der Waals surface area contributed by atoms with Gasteiger partial charge in [0.25, 0.3) is 0 Å². The van der Waals surface area contributed by atoms with E-state index < -0.39 is 0 Å². The summed E-state index contributed by atoms with van der Waals surface area (Å²) in [5.74, 6) is 1.57. The van der Waals surface area contributed by atoms with Crippen LogP contribution in [0.15, 0.2) is 36.0 Å². The van der Waals surface area contributed by atoms with Crippen LogP contribution < -0.4 is 9.80 Å². The minimum absolute atomic E-state index is 0.634. The molecule has 0 bridgehead atoms. The van der Waals surface area contributed by atoms with E-state index in [9.17, 15) is 0 Å². The fourth-order valence-corrected chi connectivity index (χ4v) is 5.63. The second-order valence-corrected chi connectivity index (χ2v) is 9.48. The zero-order chi connectivity index (χ0) is 21.3. The summed E-state index contributed by atoms with van der Waals surface area (Å²) in [6.07, 6.45) is 6.36. The molecule has 0 N–H and O–H groups in total. The van der Waals surface area contributed by atoms with Gasteiger partial charge in [0.15, 0.2) is 0 Å². The van der Waals surface area contributed by atoms with E-state index in [2.05, 4.69) is 37.2 Å². The van der Waals surface area contributed by atoms with Crippen LogP contribution in [0.25, 0.3) is 21.8 Å². The van der Waals surface area contributed by atoms with Crippen molar-refractivity contribution in [3.63, 3.8) is 0 Å². The Balaban J connectivity index is 1.35. The fraction of sp³-hybridized carbons (Fsp3) is 0.478. The highest BCUT2D eigenvalue weighted by Crippen LogP contribution is 2.34. The highest BCUT2D eigenvalue weighted by atomic mass is 32.1. The molecule has 3 fully saturated rings. The van der Waals surface area contributed by atoms with Crippen molar-refractivity contribution < 1.29 is 4.74 Å². The standard InChI is InChI=1S/C23H27N7OS/c1-3-17-16-30(9-8-28(17)7-1)23-25-15-18(21(27-23)20-4-2-14-32-20)19-5-6-24-22(26-19)29-10-12-31-13-11-29/h2,4-6,14-15,17H,1,3,7-13,16H2/t17-/m0/s1. The minimum Gasteiger partial charge on any atom is -0.378 e. The number of anilines is 2. The third-order valence-electron chi connectivity index (χ3n) is 6.61. The molecule has 0 aliphatic carbocycles. The van der Waals surface area contributed by atoms with Crippen LogP contribution in [0.5, 0.6) is 0 Å². The lowest BCUT2D eigenvalue weighted by molar-refractivity contribution is 0.122. The van der Waals surface area contributed by atoms with Gasteiger partial charge in [-0.1, -0.05) is 6.07 Å². The Labute approximate surface area is 191 Å². The van der Waals surface area contributed by atoms with E-state index in [1.165, 1.54) is 19.4 Å². The van der Waals surface area contributed by atoms with Crippen molar-refractivity contribution in [3.8, 4) is 21.8 Å². The molecular weight excluding hydrogens is 422 g/mol. The second kappa shape index (κ2) is 8.73. The Morgan fingerprint density at radius 1 is 0.938 bits per heavy atom. The van der Waals surface area contributed by atoms with Crippen LogP contribution in [0.1, 0.15) is 12.8 Å². The quantitative estimate of drug-likeness (QED) is 0.602. The molecule has 3 aromatic heterocycles. The number of aromatic nitrogens is 4. The number of hydrogen-bond donors (Lipinski definition) is 0. The largest absolute Gasteiger partial charge is 0.378 e. The Morgan fingerprint density at radius 3 is 2.72 bits per heavy atom. The van der Waals surface area contributed by atoms with Crippen LogP contribution >= 0.6 is 11.3 Å². The normalized spacial score (nSPS) is 21.7. The van der Waals surface area contributed by atoms with Crippen LogP contribution in [-0.4, -0.2) is 83.4 Å². The predicted molar refractivity (Wildman–Crippen MR) is 126 cm³/mol. The summed E-state index contributed by atoms with van der Waals surface area (Å²) < 4.78 is 5.48.